The topological polar surface area (TPSA) is 139 Å². The molecular formula is C26H28ClN5O5S. The second kappa shape index (κ2) is 12.2. The van der Waals surface area contributed by atoms with E-state index < -0.39 is 28.1 Å². The second-order valence-corrected chi connectivity index (χ2v) is 11.1. The van der Waals surface area contributed by atoms with Gasteiger partial charge in [0.2, 0.25) is 10.0 Å². The Morgan fingerprint density at radius 3 is 2.34 bits per heavy atom. The van der Waals surface area contributed by atoms with Crippen molar-refractivity contribution < 1.29 is 22.7 Å². The molecule has 1 aromatic heterocycles. The maximum atomic E-state index is 13.1. The highest BCUT2D eigenvalue weighted by Gasteiger charge is 2.29. The fourth-order valence-electron chi connectivity index (χ4n) is 4.22. The van der Waals surface area contributed by atoms with Crippen LogP contribution in [0.15, 0.2) is 67.0 Å². The molecular weight excluding hydrogens is 530 g/mol. The Morgan fingerprint density at radius 2 is 1.68 bits per heavy atom. The molecule has 3 aromatic rings. The van der Waals surface area contributed by atoms with Crippen molar-refractivity contribution in [1.29, 1.82) is 0 Å². The fraction of sp³-hybridized carbons (Fsp3) is 0.269. The molecule has 12 heteroatoms. The number of anilines is 3. The van der Waals surface area contributed by atoms with Gasteiger partial charge in [-0.3, -0.25) is 19.8 Å². The van der Waals surface area contributed by atoms with Crippen molar-refractivity contribution in [2.24, 2.45) is 5.92 Å². The summed E-state index contributed by atoms with van der Waals surface area (Å²) in [5.41, 5.74) is 1.79. The lowest BCUT2D eigenvalue weighted by Gasteiger charge is -2.30. The van der Waals surface area contributed by atoms with E-state index in [0.717, 1.165) is 37.8 Å². The highest BCUT2D eigenvalue weighted by atomic mass is 35.5. The van der Waals surface area contributed by atoms with Crippen LogP contribution in [0.3, 0.4) is 0 Å². The van der Waals surface area contributed by atoms with E-state index in [-0.39, 0.29) is 23.0 Å². The first-order chi connectivity index (χ1) is 18.2. The molecule has 1 fully saturated rings. The number of halogens is 1. The second-order valence-electron chi connectivity index (χ2n) is 8.91. The van der Waals surface area contributed by atoms with Gasteiger partial charge in [0.05, 0.1) is 23.3 Å². The maximum Gasteiger partial charge on any atom is 0.412 e. The lowest BCUT2D eigenvalue weighted by Crippen LogP contribution is -2.33. The summed E-state index contributed by atoms with van der Waals surface area (Å²) in [6.45, 7) is 1.65. The Morgan fingerprint density at radius 1 is 1.00 bits per heavy atom. The third-order valence-corrected chi connectivity index (χ3v) is 6.85. The third kappa shape index (κ3) is 7.67. The van der Waals surface area contributed by atoms with Gasteiger partial charge in [0.15, 0.2) is 0 Å². The number of ether oxygens (including phenoxy) is 1. The average Bonchev–Trinajstić information content (AvgIpc) is 2.89. The van der Waals surface area contributed by atoms with Crippen molar-refractivity contribution >= 4 is 50.7 Å². The average molecular weight is 558 g/mol. The lowest BCUT2D eigenvalue weighted by atomic mass is 9.88. The minimum absolute atomic E-state index is 0.120. The zero-order chi connectivity index (χ0) is 27.1. The van der Waals surface area contributed by atoms with E-state index in [1.54, 1.807) is 36.7 Å². The van der Waals surface area contributed by atoms with Gasteiger partial charge in [-0.15, -0.1) is 0 Å². The minimum atomic E-state index is -3.57. The predicted octanol–water partition coefficient (Wildman–Crippen LogP) is 4.65. The van der Waals surface area contributed by atoms with E-state index in [1.807, 2.05) is 12.1 Å². The lowest BCUT2D eigenvalue weighted by molar-refractivity contribution is 0.0591. The van der Waals surface area contributed by atoms with Crippen molar-refractivity contribution in [3.05, 3.63) is 83.1 Å². The van der Waals surface area contributed by atoms with Gasteiger partial charge in [-0.25, -0.2) is 13.2 Å². The molecule has 4 N–H and O–H groups in total. The summed E-state index contributed by atoms with van der Waals surface area (Å²) in [6, 6.07) is 14.3. The van der Waals surface area contributed by atoms with Crippen molar-refractivity contribution in [2.45, 2.75) is 18.9 Å². The first-order valence-electron chi connectivity index (χ1n) is 11.9. The number of carbonyl (C=O) groups is 2. The van der Waals surface area contributed by atoms with E-state index in [9.17, 15) is 18.0 Å². The normalized spacial score (nSPS) is 14.8. The van der Waals surface area contributed by atoms with Crippen LogP contribution >= 0.6 is 11.6 Å². The molecule has 10 nitrogen and oxygen atoms in total. The van der Waals surface area contributed by atoms with Gasteiger partial charge in [0, 0.05) is 28.9 Å². The van der Waals surface area contributed by atoms with Crippen LogP contribution in [-0.2, 0) is 14.8 Å². The summed E-state index contributed by atoms with van der Waals surface area (Å²) in [6.07, 6.45) is 4.81. The van der Waals surface area contributed by atoms with E-state index in [2.05, 4.69) is 25.7 Å². The first kappa shape index (κ1) is 27.4. The van der Waals surface area contributed by atoms with Gasteiger partial charge in [-0.2, -0.15) is 0 Å². The van der Waals surface area contributed by atoms with E-state index >= 15 is 0 Å². The van der Waals surface area contributed by atoms with Gasteiger partial charge in [0.1, 0.15) is 6.10 Å². The molecule has 200 valence electrons. The van der Waals surface area contributed by atoms with E-state index in [0.29, 0.717) is 10.6 Å². The number of amides is 2. The number of hydrogen-bond acceptors (Lipinski definition) is 7. The van der Waals surface area contributed by atoms with Crippen molar-refractivity contribution in [2.75, 3.05) is 34.7 Å². The Labute approximate surface area is 226 Å². The third-order valence-electron chi connectivity index (χ3n) is 5.99. The van der Waals surface area contributed by atoms with Gasteiger partial charge in [-0.05, 0) is 86.1 Å². The first-order valence-corrected chi connectivity index (χ1v) is 14.2. The zero-order valence-electron chi connectivity index (χ0n) is 20.6. The number of aromatic nitrogens is 1. The molecule has 0 bridgehead atoms. The number of benzene rings is 2. The molecule has 38 heavy (non-hydrogen) atoms. The molecule has 0 radical (unpaired) electrons. The maximum absolute atomic E-state index is 13.1. The van der Waals surface area contributed by atoms with Crippen LogP contribution < -0.4 is 20.7 Å². The molecule has 2 amide bonds. The number of piperidine rings is 1. The monoisotopic (exact) mass is 557 g/mol. The molecule has 1 saturated heterocycles. The Balaban J connectivity index is 1.57. The molecule has 2 aromatic carbocycles. The van der Waals surface area contributed by atoms with Crippen molar-refractivity contribution in [3.8, 4) is 0 Å². The number of pyridine rings is 1. The molecule has 1 atom stereocenters. The number of nitrogens with zero attached hydrogens (tertiary/aromatic N) is 1. The van der Waals surface area contributed by atoms with Crippen LogP contribution in [0, 0.1) is 5.92 Å². The molecule has 1 aliphatic heterocycles. The molecule has 1 aliphatic rings. The van der Waals surface area contributed by atoms with E-state index in [4.69, 9.17) is 16.3 Å². The van der Waals surface area contributed by atoms with Crippen LogP contribution in [-0.4, -0.2) is 44.7 Å². The number of sulfonamides is 1. The molecule has 2 heterocycles. The van der Waals surface area contributed by atoms with Gasteiger partial charge >= 0.3 is 6.09 Å². The van der Waals surface area contributed by atoms with Crippen LogP contribution in [0.2, 0.25) is 5.02 Å². The predicted molar refractivity (Wildman–Crippen MR) is 147 cm³/mol. The molecule has 1 unspecified atom stereocenters. The van der Waals surface area contributed by atoms with Crippen LogP contribution in [0.5, 0.6) is 0 Å². The van der Waals surface area contributed by atoms with Crippen molar-refractivity contribution in [3.63, 3.8) is 0 Å². The van der Waals surface area contributed by atoms with Crippen LogP contribution in [0.1, 0.15) is 34.9 Å². The largest absolute Gasteiger partial charge is 0.441 e. The number of rotatable bonds is 8. The summed E-state index contributed by atoms with van der Waals surface area (Å²) in [5, 5.41) is 9.21. The smallest absolute Gasteiger partial charge is 0.412 e. The summed E-state index contributed by atoms with van der Waals surface area (Å²) in [7, 11) is -3.57. The summed E-state index contributed by atoms with van der Waals surface area (Å²) >= 11 is 5.92. The summed E-state index contributed by atoms with van der Waals surface area (Å²) in [5.74, 6) is -0.353. The SMILES string of the molecule is CS(=O)(=O)Nc1ccc(NC(=O)OC(c2ccncc2)C2CCNCC2)c(NC(=O)c2ccc(Cl)cc2)c1. The highest BCUT2D eigenvalue weighted by Crippen LogP contribution is 2.33. The zero-order valence-corrected chi connectivity index (χ0v) is 22.2. The van der Waals surface area contributed by atoms with Gasteiger partial charge in [-0.1, -0.05) is 11.6 Å². The highest BCUT2D eigenvalue weighted by molar-refractivity contribution is 7.92. The van der Waals surface area contributed by atoms with Crippen LogP contribution in [0.4, 0.5) is 21.9 Å². The minimum Gasteiger partial charge on any atom is -0.441 e. The quantitative estimate of drug-likeness (QED) is 0.316. The van der Waals surface area contributed by atoms with Crippen LogP contribution in [0.25, 0.3) is 0 Å². The molecule has 0 aliphatic carbocycles. The Hall–Kier alpha value is -3.67. The summed E-state index contributed by atoms with van der Waals surface area (Å²) < 4.78 is 31.8. The number of carbonyl (C=O) groups excluding carboxylic acids is 2. The molecule has 0 saturated carbocycles. The number of nitrogens with one attached hydrogen (secondary N) is 4. The Kier molecular flexibility index (Phi) is 8.82. The number of hydrogen-bond donors (Lipinski definition) is 4. The van der Waals surface area contributed by atoms with E-state index in [1.165, 1.54) is 18.2 Å². The van der Waals surface area contributed by atoms with Gasteiger partial charge in [0.25, 0.3) is 5.91 Å². The standard InChI is InChI=1S/C26H28ClN5O5S/c1-38(35,36)32-21-6-7-22(23(16-21)30-25(33)19-2-4-20(27)5-3-19)31-26(34)37-24(17-8-12-28-13-9-17)18-10-14-29-15-11-18/h2-9,12-13,16,18,24,29,32H,10-11,14-15H2,1H3,(H,30,33)(H,31,34). The van der Waals surface area contributed by atoms with Crippen molar-refractivity contribution in [1.82, 2.24) is 10.3 Å². The fourth-order valence-corrected chi connectivity index (χ4v) is 4.90. The molecule has 0 spiro atoms. The summed E-state index contributed by atoms with van der Waals surface area (Å²) in [4.78, 5) is 30.0. The van der Waals surface area contributed by atoms with Gasteiger partial charge < -0.3 is 15.4 Å². The molecule has 4 rings (SSSR count). The Bertz CT molecular complexity index is 1380.